The van der Waals surface area contributed by atoms with E-state index in [-0.39, 0.29) is 11.8 Å². The van der Waals surface area contributed by atoms with Gasteiger partial charge in [0.2, 0.25) is 5.91 Å². The van der Waals surface area contributed by atoms with E-state index < -0.39 is 0 Å². The van der Waals surface area contributed by atoms with Crippen LogP contribution in [0.4, 0.5) is 0 Å². The van der Waals surface area contributed by atoms with Gasteiger partial charge in [0, 0.05) is 32.1 Å². The number of nitrogens with zero attached hydrogens (tertiary/aromatic N) is 1. The number of carbonyl (C=O) groups excluding carboxylic acids is 1. The number of nitrogens with one attached hydrogen (secondary N) is 1. The summed E-state index contributed by atoms with van der Waals surface area (Å²) in [6.45, 7) is 12.0. The SMILES string of the molecule is CC(C)NCCN(C)C(=O)C(C)C(C)C. The minimum Gasteiger partial charge on any atom is -0.344 e. The quantitative estimate of drug-likeness (QED) is 0.730. The Morgan fingerprint density at radius 2 is 1.73 bits per heavy atom. The lowest BCUT2D eigenvalue weighted by atomic mass is 9.97. The first-order valence-corrected chi connectivity index (χ1v) is 5.84. The van der Waals surface area contributed by atoms with Gasteiger partial charge in [-0.2, -0.15) is 0 Å². The number of hydrogen-bond acceptors (Lipinski definition) is 2. The lowest BCUT2D eigenvalue weighted by Gasteiger charge is -2.24. The predicted molar refractivity (Wildman–Crippen MR) is 64.8 cm³/mol. The molecule has 0 saturated heterocycles. The third-order valence-electron chi connectivity index (χ3n) is 2.77. The van der Waals surface area contributed by atoms with Gasteiger partial charge in [0.05, 0.1) is 0 Å². The highest BCUT2D eigenvalue weighted by Gasteiger charge is 2.19. The van der Waals surface area contributed by atoms with Crippen LogP contribution >= 0.6 is 0 Å². The smallest absolute Gasteiger partial charge is 0.225 e. The Morgan fingerprint density at radius 3 is 2.13 bits per heavy atom. The monoisotopic (exact) mass is 214 g/mol. The molecule has 0 aromatic carbocycles. The van der Waals surface area contributed by atoms with Gasteiger partial charge in [0.1, 0.15) is 0 Å². The molecule has 0 aliphatic rings. The van der Waals surface area contributed by atoms with Crippen LogP contribution in [0, 0.1) is 11.8 Å². The largest absolute Gasteiger partial charge is 0.344 e. The van der Waals surface area contributed by atoms with E-state index >= 15 is 0 Å². The topological polar surface area (TPSA) is 32.3 Å². The highest BCUT2D eigenvalue weighted by atomic mass is 16.2. The molecule has 0 radical (unpaired) electrons. The Labute approximate surface area is 94.2 Å². The number of likely N-dealkylation sites (N-methyl/N-ethyl adjacent to an activating group) is 1. The van der Waals surface area contributed by atoms with E-state index in [0.29, 0.717) is 12.0 Å². The summed E-state index contributed by atoms with van der Waals surface area (Å²) in [4.78, 5) is 13.7. The lowest BCUT2D eigenvalue weighted by Crippen LogP contribution is -2.39. The van der Waals surface area contributed by atoms with Crippen molar-refractivity contribution in [2.75, 3.05) is 20.1 Å². The van der Waals surface area contributed by atoms with E-state index in [1.54, 1.807) is 0 Å². The molecule has 0 bridgehead atoms. The molecule has 0 spiro atoms. The molecule has 1 amide bonds. The van der Waals surface area contributed by atoms with Crippen molar-refractivity contribution in [2.24, 2.45) is 11.8 Å². The number of rotatable bonds is 6. The maximum absolute atomic E-state index is 11.9. The highest BCUT2D eigenvalue weighted by molar-refractivity contribution is 5.78. The van der Waals surface area contributed by atoms with Gasteiger partial charge in [-0.05, 0) is 5.92 Å². The fourth-order valence-electron chi connectivity index (χ4n) is 1.26. The number of hydrogen-bond donors (Lipinski definition) is 1. The first-order valence-electron chi connectivity index (χ1n) is 5.84. The van der Waals surface area contributed by atoms with E-state index in [9.17, 15) is 4.79 Å². The standard InChI is InChI=1S/C12H26N2O/c1-9(2)11(5)12(15)14(6)8-7-13-10(3)4/h9-11,13H,7-8H2,1-6H3. The van der Waals surface area contributed by atoms with E-state index in [1.165, 1.54) is 0 Å². The summed E-state index contributed by atoms with van der Waals surface area (Å²) in [5, 5.41) is 3.31. The summed E-state index contributed by atoms with van der Waals surface area (Å²) in [5.74, 6) is 0.780. The zero-order chi connectivity index (χ0) is 12.0. The van der Waals surface area contributed by atoms with E-state index in [2.05, 4.69) is 33.0 Å². The van der Waals surface area contributed by atoms with Gasteiger partial charge in [-0.25, -0.2) is 0 Å². The normalized spacial score (nSPS) is 13.3. The van der Waals surface area contributed by atoms with E-state index in [1.807, 2.05) is 18.9 Å². The van der Waals surface area contributed by atoms with Crippen LogP contribution < -0.4 is 5.32 Å². The Kier molecular flexibility index (Phi) is 6.57. The van der Waals surface area contributed by atoms with Crippen LogP contribution in [0.5, 0.6) is 0 Å². The third kappa shape index (κ3) is 5.78. The molecule has 0 aliphatic carbocycles. The van der Waals surface area contributed by atoms with Crippen LogP contribution in [-0.2, 0) is 4.79 Å². The Balaban J connectivity index is 3.89. The molecular weight excluding hydrogens is 188 g/mol. The van der Waals surface area contributed by atoms with Crippen molar-refractivity contribution in [3.63, 3.8) is 0 Å². The first kappa shape index (κ1) is 14.4. The van der Waals surface area contributed by atoms with Crippen molar-refractivity contribution in [1.82, 2.24) is 10.2 Å². The van der Waals surface area contributed by atoms with Crippen LogP contribution in [0.1, 0.15) is 34.6 Å². The molecule has 90 valence electrons. The van der Waals surface area contributed by atoms with Crippen molar-refractivity contribution in [3.05, 3.63) is 0 Å². The van der Waals surface area contributed by atoms with Gasteiger partial charge in [0.15, 0.2) is 0 Å². The van der Waals surface area contributed by atoms with Gasteiger partial charge in [-0.1, -0.05) is 34.6 Å². The van der Waals surface area contributed by atoms with Gasteiger partial charge in [-0.15, -0.1) is 0 Å². The molecule has 0 heterocycles. The zero-order valence-electron chi connectivity index (χ0n) is 11.0. The van der Waals surface area contributed by atoms with Crippen molar-refractivity contribution >= 4 is 5.91 Å². The molecular formula is C12H26N2O. The second-order valence-corrected chi connectivity index (χ2v) is 4.90. The van der Waals surface area contributed by atoms with Gasteiger partial charge in [0.25, 0.3) is 0 Å². The highest BCUT2D eigenvalue weighted by Crippen LogP contribution is 2.11. The molecule has 3 nitrogen and oxygen atoms in total. The van der Waals surface area contributed by atoms with Crippen LogP contribution in [0.25, 0.3) is 0 Å². The average molecular weight is 214 g/mol. The Hall–Kier alpha value is -0.570. The predicted octanol–water partition coefficient (Wildman–Crippen LogP) is 1.73. The minimum absolute atomic E-state index is 0.119. The molecule has 0 rings (SSSR count). The number of carbonyl (C=O) groups is 1. The summed E-state index contributed by atoms with van der Waals surface area (Å²) >= 11 is 0. The van der Waals surface area contributed by atoms with Crippen LogP contribution in [0.15, 0.2) is 0 Å². The van der Waals surface area contributed by atoms with Crippen molar-refractivity contribution in [1.29, 1.82) is 0 Å². The van der Waals surface area contributed by atoms with Gasteiger partial charge >= 0.3 is 0 Å². The van der Waals surface area contributed by atoms with Crippen molar-refractivity contribution in [3.8, 4) is 0 Å². The van der Waals surface area contributed by atoms with Crippen molar-refractivity contribution < 1.29 is 4.79 Å². The summed E-state index contributed by atoms with van der Waals surface area (Å²) in [5.41, 5.74) is 0. The Morgan fingerprint density at radius 1 is 1.20 bits per heavy atom. The van der Waals surface area contributed by atoms with E-state index in [4.69, 9.17) is 0 Å². The van der Waals surface area contributed by atoms with Crippen molar-refractivity contribution in [2.45, 2.75) is 40.7 Å². The molecule has 1 N–H and O–H groups in total. The van der Waals surface area contributed by atoms with Crippen LogP contribution in [0.2, 0.25) is 0 Å². The zero-order valence-corrected chi connectivity index (χ0v) is 11.0. The first-order chi connectivity index (χ1) is 6.86. The van der Waals surface area contributed by atoms with Gasteiger partial charge < -0.3 is 10.2 Å². The molecule has 1 atom stereocenters. The maximum Gasteiger partial charge on any atom is 0.225 e. The number of amides is 1. The van der Waals surface area contributed by atoms with Crippen LogP contribution in [0.3, 0.4) is 0 Å². The molecule has 0 aromatic heterocycles. The Bertz CT molecular complexity index is 190. The fourth-order valence-corrected chi connectivity index (χ4v) is 1.26. The molecule has 15 heavy (non-hydrogen) atoms. The van der Waals surface area contributed by atoms with E-state index in [0.717, 1.165) is 13.1 Å². The summed E-state index contributed by atoms with van der Waals surface area (Å²) in [6.07, 6.45) is 0. The minimum atomic E-state index is 0.119. The van der Waals surface area contributed by atoms with Gasteiger partial charge in [-0.3, -0.25) is 4.79 Å². The molecule has 0 aliphatic heterocycles. The molecule has 0 saturated carbocycles. The molecule has 3 heteroatoms. The maximum atomic E-state index is 11.9. The summed E-state index contributed by atoms with van der Waals surface area (Å²) in [6, 6.07) is 0.482. The lowest BCUT2D eigenvalue weighted by molar-refractivity contribution is -0.134. The summed E-state index contributed by atoms with van der Waals surface area (Å²) < 4.78 is 0. The third-order valence-corrected chi connectivity index (χ3v) is 2.77. The second kappa shape index (κ2) is 6.83. The molecule has 0 aromatic rings. The second-order valence-electron chi connectivity index (χ2n) is 4.90. The molecule has 1 unspecified atom stereocenters. The summed E-state index contributed by atoms with van der Waals surface area (Å²) in [7, 11) is 1.88. The fraction of sp³-hybridized carbons (Fsp3) is 0.917. The average Bonchev–Trinajstić information content (AvgIpc) is 2.14. The van der Waals surface area contributed by atoms with Crippen LogP contribution in [-0.4, -0.2) is 37.0 Å². The molecule has 0 fully saturated rings.